The van der Waals surface area contributed by atoms with Gasteiger partial charge in [-0.05, 0) is 0 Å². The Bertz CT molecular complexity index is 277. The van der Waals surface area contributed by atoms with E-state index in [-0.39, 0.29) is 58.2 Å². The molecule has 1 atom stereocenters. The van der Waals surface area contributed by atoms with E-state index in [1.54, 1.807) is 0 Å². The first-order valence-corrected chi connectivity index (χ1v) is 3.03. The maximum absolute atomic E-state index is 10.1. The van der Waals surface area contributed by atoms with E-state index in [0.29, 0.717) is 5.69 Å². The number of hydrogen-bond acceptors (Lipinski definition) is 9. The van der Waals surface area contributed by atoms with E-state index in [4.69, 9.17) is 15.8 Å². The molecule has 1 rings (SSSR count). The minimum atomic E-state index is -1.32. The molecular formula is C5H12Cl2N6O4Pt. The third-order valence-corrected chi connectivity index (χ3v) is 1.11. The van der Waals surface area contributed by atoms with Crippen molar-refractivity contribution in [1.29, 1.82) is 0 Å². The molecular weight excluding hydrogens is 474 g/mol. The van der Waals surface area contributed by atoms with Crippen molar-refractivity contribution in [3.8, 4) is 0 Å². The van der Waals surface area contributed by atoms with Gasteiger partial charge in [0.15, 0.2) is 0 Å². The summed E-state index contributed by atoms with van der Waals surface area (Å²) in [5.41, 5.74) is 5.50. The monoisotopic (exact) mass is 485 g/mol. The second kappa shape index (κ2) is 21.5. The van der Waals surface area contributed by atoms with Crippen molar-refractivity contribution < 1.29 is 55.8 Å². The molecule has 9 N–H and O–H groups in total. The van der Waals surface area contributed by atoms with E-state index in [1.807, 2.05) is 0 Å². The van der Waals surface area contributed by atoms with E-state index >= 15 is 0 Å². The Labute approximate surface area is 129 Å². The van der Waals surface area contributed by atoms with E-state index in [1.165, 1.54) is 12.5 Å². The summed E-state index contributed by atoms with van der Waals surface area (Å²) >= 11 is 0. The summed E-state index contributed by atoms with van der Waals surface area (Å²) in [7, 11) is 0. The zero-order chi connectivity index (χ0) is 10.3. The molecule has 0 aliphatic carbocycles. The number of aromatic amines is 1. The third-order valence-electron chi connectivity index (χ3n) is 1.11. The number of H-pyrrole nitrogens is 1. The van der Waals surface area contributed by atoms with Gasteiger partial charge in [-0.15, -0.1) is 5.34 Å². The number of imidazole rings is 1. The normalized spacial score (nSPS) is 7.83. The zero-order valence-corrected chi connectivity index (χ0v) is 12.6. The fourth-order valence-corrected chi connectivity index (χ4v) is 0.564. The number of carbonyl (C=O) groups is 1. The minimum Gasteiger partial charge on any atom is -1.00 e. The molecule has 0 saturated carbocycles. The molecule has 1 unspecified atom stereocenters. The van der Waals surface area contributed by atoms with Crippen LogP contribution in [0.3, 0.4) is 0 Å². The molecule has 1 aromatic heterocycles. The van der Waals surface area contributed by atoms with Gasteiger partial charge in [0.1, 0.15) is 0 Å². The molecule has 0 amide bonds. The van der Waals surface area contributed by atoms with Crippen LogP contribution in [0.4, 0.5) is 0 Å². The predicted octanol–water partition coefficient (Wildman–Crippen LogP) is -7.26. The minimum absolute atomic E-state index is 0. The Kier molecular flexibility index (Phi) is 43.0. The summed E-state index contributed by atoms with van der Waals surface area (Å²) in [4.78, 5) is 24.3. The first-order chi connectivity index (χ1) is 6.13. The summed E-state index contributed by atoms with van der Waals surface area (Å²) < 4.78 is 0. The van der Waals surface area contributed by atoms with Crippen LogP contribution >= 0.6 is 0 Å². The Morgan fingerprint density at radius 3 is 2.06 bits per heavy atom. The summed E-state index contributed by atoms with van der Waals surface area (Å²) in [6, 6.07) is -1.11. The number of carboxylic acid groups (broad SMARTS) is 1. The van der Waals surface area contributed by atoms with Gasteiger partial charge in [0.05, 0.1) is 24.0 Å². The number of nitrogens with one attached hydrogen (secondary N) is 1. The summed E-state index contributed by atoms with van der Waals surface area (Å²) in [6.07, 6.45) is 2.71. The summed E-state index contributed by atoms with van der Waals surface area (Å²) in [5, 5.41) is 19.1. The first kappa shape index (κ1) is 36.0. The topological polar surface area (TPSA) is 217 Å². The fourth-order valence-electron chi connectivity index (χ4n) is 0.564. The van der Waals surface area contributed by atoms with Gasteiger partial charge in [-0.2, -0.15) is 0 Å². The molecule has 0 fully saturated rings. The number of carbonyl (C=O) groups excluding carboxylic acids is 1. The van der Waals surface area contributed by atoms with Crippen LogP contribution in [-0.2, 0) is 25.9 Å². The Hall–Kier alpha value is -0.772. The molecule has 18 heavy (non-hydrogen) atoms. The van der Waals surface area contributed by atoms with Crippen molar-refractivity contribution in [2.45, 2.75) is 6.04 Å². The fraction of sp³-hybridized carbons (Fsp3) is 0.200. The van der Waals surface area contributed by atoms with E-state index in [2.05, 4.69) is 9.97 Å². The average molecular weight is 486 g/mol. The molecule has 110 valence electrons. The van der Waals surface area contributed by atoms with Gasteiger partial charge in [-0.25, -0.2) is 4.98 Å². The van der Waals surface area contributed by atoms with Gasteiger partial charge in [-0.3, -0.25) is 0 Å². The van der Waals surface area contributed by atoms with E-state index < -0.39 is 12.0 Å². The molecule has 0 radical (unpaired) electrons. The quantitative estimate of drug-likeness (QED) is 0.232. The summed E-state index contributed by atoms with van der Waals surface area (Å²) in [5.74, 6) is -1.32. The van der Waals surface area contributed by atoms with Crippen LogP contribution in [-0.4, -0.2) is 15.9 Å². The number of aliphatic carboxylic acids is 1. The second-order valence-electron chi connectivity index (χ2n) is 1.88. The zero-order valence-electron chi connectivity index (χ0n) is 8.82. The van der Waals surface area contributed by atoms with Crippen LogP contribution in [0.15, 0.2) is 17.9 Å². The standard InChI is InChI=1S/C5H7N3O2.2ClH.HNO2.2H3N.Pt/c6-4(5(9)10)3-1-7-2-8-3;;;2-1-3;;;/h1-2,4H,6H2,(H,7,8)(H,9,10);2*1H;(H,2,3);2*1H3;/q;;;;;;+4/p-4. The van der Waals surface area contributed by atoms with Crippen molar-refractivity contribution in [3.05, 3.63) is 28.3 Å². The molecule has 1 aromatic rings. The Balaban J connectivity index is -0.0000000415. The molecule has 0 aliphatic rings. The van der Waals surface area contributed by atoms with Crippen LogP contribution in [0.2, 0.25) is 0 Å². The molecule has 0 bridgehead atoms. The van der Waals surface area contributed by atoms with Crippen LogP contribution in [0.1, 0.15) is 11.7 Å². The molecule has 0 aliphatic heterocycles. The molecule has 0 saturated heterocycles. The van der Waals surface area contributed by atoms with Crippen LogP contribution < -0.4 is 48.0 Å². The largest absolute Gasteiger partial charge is 4.00 e. The first-order valence-electron chi connectivity index (χ1n) is 3.03. The number of aromatic nitrogens is 2. The summed E-state index contributed by atoms with van der Waals surface area (Å²) in [6.45, 7) is 0. The number of rotatable bonds is 2. The SMILES string of the molecule is N.N.NC(C(=O)[O-])c1cnc[nH]1.O=N[O-].[Cl-].[Cl-].[Pt+4]. The van der Waals surface area contributed by atoms with Crippen molar-refractivity contribution in [3.63, 3.8) is 0 Å². The number of nitrogens with zero attached hydrogens (tertiary/aromatic N) is 2. The van der Waals surface area contributed by atoms with Crippen LogP contribution in [0, 0.1) is 10.1 Å². The van der Waals surface area contributed by atoms with Gasteiger partial charge >= 0.3 is 21.1 Å². The number of halogens is 2. The molecule has 10 nitrogen and oxygen atoms in total. The molecule has 0 aromatic carbocycles. The number of carboxylic acids is 1. The van der Waals surface area contributed by atoms with Gasteiger partial charge < -0.3 is 67.8 Å². The smallest absolute Gasteiger partial charge is 1.00 e. The van der Waals surface area contributed by atoms with E-state index in [0.717, 1.165) is 5.34 Å². The Morgan fingerprint density at radius 2 is 1.83 bits per heavy atom. The third kappa shape index (κ3) is 15.2. The van der Waals surface area contributed by atoms with Crippen molar-refractivity contribution in [2.24, 2.45) is 11.1 Å². The van der Waals surface area contributed by atoms with Crippen molar-refractivity contribution in [2.75, 3.05) is 0 Å². The molecule has 1 heterocycles. The van der Waals surface area contributed by atoms with E-state index in [9.17, 15) is 9.90 Å². The molecule has 0 spiro atoms. The van der Waals surface area contributed by atoms with Gasteiger partial charge in [0.25, 0.3) is 0 Å². The maximum atomic E-state index is 10.1. The molecule has 13 heteroatoms. The number of nitrogens with two attached hydrogens (primary N) is 1. The van der Waals surface area contributed by atoms with Crippen LogP contribution in [0.5, 0.6) is 0 Å². The van der Waals surface area contributed by atoms with Crippen LogP contribution in [0.25, 0.3) is 0 Å². The predicted molar refractivity (Wildman–Crippen MR) is 49.7 cm³/mol. The van der Waals surface area contributed by atoms with Crippen molar-refractivity contribution in [1.82, 2.24) is 22.3 Å². The number of hydrogen-bond donors (Lipinski definition) is 4. The second-order valence-corrected chi connectivity index (χ2v) is 1.88. The van der Waals surface area contributed by atoms with Gasteiger partial charge in [-0.1, -0.05) is 0 Å². The van der Waals surface area contributed by atoms with Crippen molar-refractivity contribution >= 4 is 5.97 Å². The van der Waals surface area contributed by atoms with Gasteiger partial charge in [0, 0.05) is 6.20 Å². The van der Waals surface area contributed by atoms with Gasteiger partial charge in [0.2, 0.25) is 0 Å². The Morgan fingerprint density at radius 1 is 1.44 bits per heavy atom. The maximum Gasteiger partial charge on any atom is 4.00 e. The average Bonchev–Trinajstić information content (AvgIpc) is 2.56.